The molecule has 128 valence electrons. The van der Waals surface area contributed by atoms with Crippen molar-refractivity contribution >= 4 is 11.8 Å². The third-order valence-corrected chi connectivity index (χ3v) is 3.43. The van der Waals surface area contributed by atoms with Crippen molar-refractivity contribution in [2.75, 3.05) is 7.11 Å². The highest BCUT2D eigenvalue weighted by atomic mass is 19.3. The molecule has 0 fully saturated rings. The third kappa shape index (κ3) is 3.95. The highest BCUT2D eigenvalue weighted by Gasteiger charge is 2.20. The molecule has 0 bridgehead atoms. The number of nitriles is 1. The quantitative estimate of drug-likeness (QED) is 0.807. The fourth-order valence-corrected chi connectivity index (χ4v) is 2.29. The van der Waals surface area contributed by atoms with Crippen molar-refractivity contribution in [3.8, 4) is 22.9 Å². The molecule has 1 aromatic heterocycles. The fraction of sp³-hybridized carbons (Fsp3) is 0.176. The Balaban J connectivity index is 2.68. The second-order valence-electron chi connectivity index (χ2n) is 5.01. The van der Waals surface area contributed by atoms with E-state index in [9.17, 15) is 23.5 Å². The summed E-state index contributed by atoms with van der Waals surface area (Å²) in [5.74, 6) is -1.87. The number of alkyl halides is 2. The van der Waals surface area contributed by atoms with Gasteiger partial charge < -0.3 is 9.84 Å². The van der Waals surface area contributed by atoms with Crippen LogP contribution in [0.4, 0.5) is 8.78 Å². The first-order valence-electron chi connectivity index (χ1n) is 6.99. The number of carboxylic acids is 1. The van der Waals surface area contributed by atoms with Crippen molar-refractivity contribution in [1.82, 2.24) is 4.98 Å². The third-order valence-electron chi connectivity index (χ3n) is 3.43. The van der Waals surface area contributed by atoms with Crippen molar-refractivity contribution < 1.29 is 28.2 Å². The Bertz CT molecular complexity index is 875. The van der Waals surface area contributed by atoms with Crippen LogP contribution in [0, 0.1) is 11.3 Å². The minimum absolute atomic E-state index is 0.0943. The summed E-state index contributed by atoms with van der Waals surface area (Å²) in [7, 11) is 1.30. The van der Waals surface area contributed by atoms with Crippen LogP contribution in [0.3, 0.4) is 0 Å². The van der Waals surface area contributed by atoms with Gasteiger partial charge in [-0.2, -0.15) is 5.26 Å². The Morgan fingerprint density at radius 1 is 1.32 bits per heavy atom. The average molecular weight is 346 g/mol. The lowest BCUT2D eigenvalue weighted by Crippen LogP contribution is -2.05. The van der Waals surface area contributed by atoms with Crippen LogP contribution in [0.2, 0.25) is 0 Å². The van der Waals surface area contributed by atoms with E-state index in [-0.39, 0.29) is 28.9 Å². The molecule has 25 heavy (non-hydrogen) atoms. The molecule has 0 saturated heterocycles. The molecule has 1 aromatic carbocycles. The van der Waals surface area contributed by atoms with Crippen LogP contribution in [0.5, 0.6) is 5.75 Å². The van der Waals surface area contributed by atoms with Crippen LogP contribution >= 0.6 is 0 Å². The van der Waals surface area contributed by atoms with E-state index in [4.69, 9.17) is 10.00 Å². The lowest BCUT2D eigenvalue weighted by Gasteiger charge is -2.13. The van der Waals surface area contributed by atoms with E-state index in [0.717, 1.165) is 12.3 Å². The number of nitrogens with zero attached hydrogens (tertiary/aromatic N) is 2. The maximum absolute atomic E-state index is 13.0. The Morgan fingerprint density at radius 2 is 2.04 bits per heavy atom. The molecule has 2 aromatic rings. The van der Waals surface area contributed by atoms with Gasteiger partial charge in [0.1, 0.15) is 17.5 Å². The minimum atomic E-state index is -2.85. The molecule has 0 aliphatic rings. The van der Waals surface area contributed by atoms with Gasteiger partial charge in [0.15, 0.2) is 0 Å². The number of carbonyl (C=O) groups excluding carboxylic acids is 1. The minimum Gasteiger partial charge on any atom is -0.494 e. The van der Waals surface area contributed by atoms with Gasteiger partial charge in [0.25, 0.3) is 6.43 Å². The molecular formula is C17H12F2N2O4. The molecule has 1 N–H and O–H groups in total. The predicted molar refractivity (Wildman–Crippen MR) is 82.5 cm³/mol. The second-order valence-corrected chi connectivity index (χ2v) is 5.01. The van der Waals surface area contributed by atoms with Gasteiger partial charge in [0, 0.05) is 17.5 Å². The number of hydrogen-bond donors (Lipinski definition) is 1. The topological polar surface area (TPSA) is 100 Å². The highest BCUT2D eigenvalue weighted by Crippen LogP contribution is 2.35. The number of methoxy groups -OCH3 is 1. The van der Waals surface area contributed by atoms with E-state index in [0.29, 0.717) is 5.56 Å². The summed E-state index contributed by atoms with van der Waals surface area (Å²) < 4.78 is 31.0. The summed E-state index contributed by atoms with van der Waals surface area (Å²) in [6, 6.07) is 6.52. The number of pyridine rings is 1. The summed E-state index contributed by atoms with van der Waals surface area (Å²) in [6.07, 6.45) is -1.99. The highest BCUT2D eigenvalue weighted by molar-refractivity contribution is 5.98. The molecular weight excluding hydrogens is 334 g/mol. The first-order valence-corrected chi connectivity index (χ1v) is 6.99. The van der Waals surface area contributed by atoms with Gasteiger partial charge in [0.2, 0.25) is 5.78 Å². The van der Waals surface area contributed by atoms with Gasteiger partial charge in [-0.1, -0.05) is 6.07 Å². The zero-order valence-electron chi connectivity index (χ0n) is 13.0. The number of Topliss-reactive ketones (excluding diaryl/α,β-unsaturated/α-hetero) is 1. The van der Waals surface area contributed by atoms with Gasteiger partial charge in [0.05, 0.1) is 18.9 Å². The summed E-state index contributed by atoms with van der Waals surface area (Å²) in [5, 5.41) is 18.0. The molecule has 1 heterocycles. The zero-order valence-corrected chi connectivity index (χ0v) is 13.0. The Hall–Kier alpha value is -3.34. The molecule has 0 unspecified atom stereocenters. The summed E-state index contributed by atoms with van der Waals surface area (Å²) in [4.78, 5) is 26.4. The van der Waals surface area contributed by atoms with Crippen LogP contribution in [0.25, 0.3) is 11.1 Å². The molecule has 0 saturated carbocycles. The van der Waals surface area contributed by atoms with Crippen LogP contribution in [-0.2, 0) is 11.2 Å². The average Bonchev–Trinajstić information content (AvgIpc) is 2.60. The van der Waals surface area contributed by atoms with Crippen LogP contribution in [0.15, 0.2) is 30.5 Å². The van der Waals surface area contributed by atoms with Crippen molar-refractivity contribution in [2.24, 2.45) is 0 Å². The molecule has 0 radical (unpaired) electrons. The smallest absolute Gasteiger partial charge is 0.336 e. The van der Waals surface area contributed by atoms with Crippen molar-refractivity contribution in [2.45, 2.75) is 12.8 Å². The molecule has 0 aliphatic carbocycles. The predicted octanol–water partition coefficient (Wildman–Crippen LogP) is 3.03. The van der Waals surface area contributed by atoms with Crippen molar-refractivity contribution in [1.29, 1.82) is 5.26 Å². The molecule has 8 heteroatoms. The molecule has 0 spiro atoms. The number of benzene rings is 1. The number of ether oxygens (including phenoxy) is 1. The van der Waals surface area contributed by atoms with E-state index < -0.39 is 23.9 Å². The number of carboxylic acid groups (broad SMARTS) is 1. The second kappa shape index (κ2) is 7.49. The number of carbonyl (C=O) groups is 2. The standard InChI is InChI=1S/C17H12F2N2O4/c1-25-15-8-21-14(16(18)19)6-13(15)12-5-9(4-10(22)7-20)2-3-11(12)17(23)24/h2-3,5-6,8,16H,4H2,1H3,(H,23,24). The Morgan fingerprint density at radius 3 is 2.60 bits per heavy atom. The summed E-state index contributed by atoms with van der Waals surface area (Å²) >= 11 is 0. The van der Waals surface area contributed by atoms with Crippen molar-refractivity contribution in [3.05, 3.63) is 47.3 Å². The van der Waals surface area contributed by atoms with Gasteiger partial charge in [-0.05, 0) is 23.8 Å². The Kier molecular flexibility index (Phi) is 5.39. The first-order chi connectivity index (χ1) is 11.9. The summed E-state index contributed by atoms with van der Waals surface area (Å²) in [5.41, 5.74) is -0.110. The zero-order chi connectivity index (χ0) is 18.6. The van der Waals surface area contributed by atoms with Crippen LogP contribution < -0.4 is 4.74 Å². The van der Waals surface area contributed by atoms with Gasteiger partial charge in [-0.25, -0.2) is 13.6 Å². The SMILES string of the molecule is COc1cnc(C(F)F)cc1-c1cc(CC(=O)C#N)ccc1C(=O)O. The lowest BCUT2D eigenvalue weighted by molar-refractivity contribution is -0.113. The molecule has 0 aliphatic heterocycles. The number of hydrogen-bond acceptors (Lipinski definition) is 5. The molecule has 0 amide bonds. The van der Waals surface area contributed by atoms with Gasteiger partial charge in [-0.3, -0.25) is 9.78 Å². The van der Waals surface area contributed by atoms with E-state index in [1.807, 2.05) is 0 Å². The normalized spacial score (nSPS) is 10.4. The Labute approximate surface area is 141 Å². The number of halogens is 2. The van der Waals surface area contributed by atoms with E-state index in [1.165, 1.54) is 31.4 Å². The molecule has 0 atom stereocenters. The lowest BCUT2D eigenvalue weighted by atomic mass is 9.95. The van der Waals surface area contributed by atoms with Crippen molar-refractivity contribution in [3.63, 3.8) is 0 Å². The number of ketones is 1. The number of rotatable bonds is 6. The van der Waals surface area contributed by atoms with E-state index >= 15 is 0 Å². The molecule has 2 rings (SSSR count). The maximum Gasteiger partial charge on any atom is 0.336 e. The van der Waals surface area contributed by atoms with Gasteiger partial charge >= 0.3 is 5.97 Å². The van der Waals surface area contributed by atoms with E-state index in [2.05, 4.69) is 4.98 Å². The van der Waals surface area contributed by atoms with Crippen LogP contribution in [0.1, 0.15) is 28.0 Å². The van der Waals surface area contributed by atoms with E-state index in [1.54, 1.807) is 0 Å². The monoisotopic (exact) mass is 346 g/mol. The largest absolute Gasteiger partial charge is 0.494 e. The molecule has 6 nitrogen and oxygen atoms in total. The fourth-order valence-electron chi connectivity index (χ4n) is 2.29. The number of aromatic carboxylic acids is 1. The first kappa shape index (κ1) is 18.0. The van der Waals surface area contributed by atoms with Crippen LogP contribution in [-0.4, -0.2) is 29.0 Å². The number of aromatic nitrogens is 1. The summed E-state index contributed by atoms with van der Waals surface area (Å²) in [6.45, 7) is 0. The maximum atomic E-state index is 13.0. The van der Waals surface area contributed by atoms with Gasteiger partial charge in [-0.15, -0.1) is 0 Å².